The minimum atomic E-state index is -0.614. The van der Waals surface area contributed by atoms with E-state index in [9.17, 15) is 9.90 Å². The molecule has 6 heteroatoms. The van der Waals surface area contributed by atoms with Crippen molar-refractivity contribution in [3.8, 4) is 0 Å². The second kappa shape index (κ2) is 4.93. The van der Waals surface area contributed by atoms with Gasteiger partial charge in [0.05, 0.1) is 5.69 Å². The molecule has 0 saturated heterocycles. The SMILES string of the molecule is Cc1c2c(cn1C)NC(=O)C(O)=NC2c1ccccc1Cl. The van der Waals surface area contributed by atoms with Crippen molar-refractivity contribution < 1.29 is 9.90 Å². The molecule has 1 aliphatic heterocycles. The monoisotopic (exact) mass is 303 g/mol. The number of aliphatic imine (C=N–C) groups is 1. The molecule has 0 bridgehead atoms. The summed E-state index contributed by atoms with van der Waals surface area (Å²) in [7, 11) is 1.89. The maximum Gasteiger partial charge on any atom is 0.310 e. The van der Waals surface area contributed by atoms with Gasteiger partial charge in [0.2, 0.25) is 0 Å². The number of benzene rings is 1. The summed E-state index contributed by atoms with van der Waals surface area (Å²) in [6.45, 7) is 1.94. The number of aryl methyl sites for hydroxylation is 1. The summed E-state index contributed by atoms with van der Waals surface area (Å²) in [5.74, 6) is -1.16. The number of rotatable bonds is 1. The maximum absolute atomic E-state index is 11.8. The summed E-state index contributed by atoms with van der Waals surface area (Å²) in [5.41, 5.74) is 3.17. The first-order valence-electron chi connectivity index (χ1n) is 6.47. The average molecular weight is 304 g/mol. The van der Waals surface area contributed by atoms with Crippen molar-refractivity contribution in [1.29, 1.82) is 0 Å². The van der Waals surface area contributed by atoms with E-state index in [1.807, 2.05) is 36.7 Å². The Hall–Kier alpha value is -2.27. The largest absolute Gasteiger partial charge is 0.490 e. The number of aliphatic hydroxyl groups excluding tert-OH is 1. The fourth-order valence-corrected chi connectivity index (χ4v) is 2.77. The Balaban J connectivity index is 2.27. The van der Waals surface area contributed by atoms with E-state index in [1.165, 1.54) is 0 Å². The second-order valence-corrected chi connectivity index (χ2v) is 5.39. The first-order valence-corrected chi connectivity index (χ1v) is 6.85. The molecule has 1 unspecified atom stereocenters. The summed E-state index contributed by atoms with van der Waals surface area (Å²) in [4.78, 5) is 16.0. The van der Waals surface area contributed by atoms with E-state index in [0.717, 1.165) is 16.8 Å². The van der Waals surface area contributed by atoms with Crippen molar-refractivity contribution in [3.63, 3.8) is 0 Å². The predicted molar refractivity (Wildman–Crippen MR) is 82.1 cm³/mol. The minimum absolute atomic E-state index is 0.520. The van der Waals surface area contributed by atoms with Crippen LogP contribution in [0.5, 0.6) is 0 Å². The van der Waals surface area contributed by atoms with Gasteiger partial charge < -0.3 is 15.0 Å². The van der Waals surface area contributed by atoms with Gasteiger partial charge >= 0.3 is 5.91 Å². The fraction of sp³-hybridized carbons (Fsp3) is 0.200. The van der Waals surface area contributed by atoms with E-state index < -0.39 is 17.8 Å². The van der Waals surface area contributed by atoms with Crippen LogP contribution >= 0.6 is 11.6 Å². The molecule has 1 amide bonds. The lowest BCUT2D eigenvalue weighted by Gasteiger charge is -2.15. The van der Waals surface area contributed by atoms with E-state index in [-0.39, 0.29) is 0 Å². The molecule has 21 heavy (non-hydrogen) atoms. The van der Waals surface area contributed by atoms with Crippen LogP contribution in [0, 0.1) is 6.92 Å². The van der Waals surface area contributed by atoms with Gasteiger partial charge in [0.25, 0.3) is 5.90 Å². The lowest BCUT2D eigenvalue weighted by molar-refractivity contribution is -0.111. The summed E-state index contributed by atoms with van der Waals surface area (Å²) in [5, 5.41) is 13.0. The van der Waals surface area contributed by atoms with Crippen molar-refractivity contribution in [3.05, 3.63) is 52.3 Å². The van der Waals surface area contributed by atoms with Gasteiger partial charge in [-0.3, -0.25) is 4.79 Å². The van der Waals surface area contributed by atoms with E-state index in [2.05, 4.69) is 10.3 Å². The van der Waals surface area contributed by atoms with E-state index in [1.54, 1.807) is 12.3 Å². The van der Waals surface area contributed by atoms with Gasteiger partial charge in [-0.15, -0.1) is 0 Å². The molecule has 0 saturated carbocycles. The van der Waals surface area contributed by atoms with Crippen LogP contribution in [0.25, 0.3) is 0 Å². The highest BCUT2D eigenvalue weighted by atomic mass is 35.5. The van der Waals surface area contributed by atoms with Crippen molar-refractivity contribution in [2.75, 3.05) is 5.32 Å². The maximum atomic E-state index is 11.8. The molecule has 1 atom stereocenters. The molecule has 0 radical (unpaired) electrons. The Morgan fingerprint density at radius 3 is 2.81 bits per heavy atom. The molecule has 5 nitrogen and oxygen atoms in total. The van der Waals surface area contributed by atoms with Crippen molar-refractivity contribution in [2.45, 2.75) is 13.0 Å². The standard InChI is InChI=1S/C15H14ClN3O2/c1-8-12-11(7-19(8)2)17-14(20)15(21)18-13(12)9-5-3-4-6-10(9)16/h3-7,13H,1-2H3,(H,17,20)(H,18,21). The third kappa shape index (κ3) is 2.19. The van der Waals surface area contributed by atoms with Gasteiger partial charge in [-0.25, -0.2) is 4.99 Å². The molecule has 108 valence electrons. The Labute approximate surface area is 126 Å². The Morgan fingerprint density at radius 1 is 1.38 bits per heavy atom. The van der Waals surface area contributed by atoms with Crippen molar-refractivity contribution >= 4 is 29.1 Å². The van der Waals surface area contributed by atoms with Crippen molar-refractivity contribution in [2.24, 2.45) is 12.0 Å². The summed E-state index contributed by atoms with van der Waals surface area (Å²) in [6, 6.07) is 6.77. The highest BCUT2D eigenvalue weighted by Crippen LogP contribution is 2.39. The number of aliphatic hydroxyl groups is 1. The molecule has 0 fully saturated rings. The van der Waals surface area contributed by atoms with Gasteiger partial charge in [0, 0.05) is 29.5 Å². The Morgan fingerprint density at radius 2 is 2.10 bits per heavy atom. The number of fused-ring (bicyclic) bond motifs is 1. The van der Waals surface area contributed by atoms with Crippen LogP contribution in [0.4, 0.5) is 5.69 Å². The number of hydrogen-bond acceptors (Lipinski definition) is 2. The van der Waals surface area contributed by atoms with Gasteiger partial charge in [0.15, 0.2) is 0 Å². The third-order valence-electron chi connectivity index (χ3n) is 3.71. The Bertz CT molecular complexity index is 764. The number of carbonyl (C=O) groups excluding carboxylic acids is 1. The molecule has 2 heterocycles. The number of hydrogen-bond donors (Lipinski definition) is 2. The van der Waals surface area contributed by atoms with Crippen molar-refractivity contribution in [1.82, 2.24) is 4.57 Å². The van der Waals surface area contributed by atoms with Crippen LogP contribution in [0.2, 0.25) is 5.02 Å². The molecule has 0 spiro atoms. The lowest BCUT2D eigenvalue weighted by atomic mass is 9.98. The van der Waals surface area contributed by atoms with Crippen LogP contribution in [0.1, 0.15) is 22.9 Å². The molecular formula is C15H14ClN3O2. The fourth-order valence-electron chi connectivity index (χ4n) is 2.54. The van der Waals surface area contributed by atoms with Crippen LogP contribution in [0.3, 0.4) is 0 Å². The van der Waals surface area contributed by atoms with Gasteiger partial charge in [0.1, 0.15) is 6.04 Å². The predicted octanol–water partition coefficient (Wildman–Crippen LogP) is 2.98. The zero-order valence-corrected chi connectivity index (χ0v) is 12.3. The average Bonchev–Trinajstić information content (AvgIpc) is 2.64. The molecule has 3 rings (SSSR count). The van der Waals surface area contributed by atoms with Crippen LogP contribution in [0.15, 0.2) is 35.5 Å². The smallest absolute Gasteiger partial charge is 0.310 e. The first kappa shape index (κ1) is 13.7. The van der Waals surface area contributed by atoms with E-state index in [4.69, 9.17) is 11.6 Å². The number of nitrogens with one attached hydrogen (secondary N) is 1. The second-order valence-electron chi connectivity index (χ2n) is 4.98. The van der Waals surface area contributed by atoms with Gasteiger partial charge in [-0.2, -0.15) is 0 Å². The van der Waals surface area contributed by atoms with E-state index in [0.29, 0.717) is 10.7 Å². The quantitative estimate of drug-likeness (QED) is 0.850. The first-order chi connectivity index (χ1) is 9.99. The molecule has 2 N–H and O–H groups in total. The van der Waals surface area contributed by atoms with Gasteiger partial charge in [-0.05, 0) is 18.6 Å². The minimum Gasteiger partial charge on any atom is -0.490 e. The highest BCUT2D eigenvalue weighted by molar-refractivity contribution is 6.39. The van der Waals surface area contributed by atoms with Gasteiger partial charge in [-0.1, -0.05) is 29.8 Å². The van der Waals surface area contributed by atoms with Crippen LogP contribution < -0.4 is 5.32 Å². The molecule has 1 aliphatic rings. The lowest BCUT2D eigenvalue weighted by Crippen LogP contribution is -2.21. The number of amides is 1. The van der Waals surface area contributed by atoms with Crippen LogP contribution in [-0.4, -0.2) is 21.5 Å². The summed E-state index contributed by atoms with van der Waals surface area (Å²) in [6.07, 6.45) is 1.81. The molecular weight excluding hydrogens is 290 g/mol. The number of nitrogens with zero attached hydrogens (tertiary/aromatic N) is 2. The zero-order chi connectivity index (χ0) is 15.1. The number of halogens is 1. The molecule has 1 aromatic heterocycles. The molecule has 0 aliphatic carbocycles. The Kier molecular flexibility index (Phi) is 3.22. The molecule has 1 aromatic carbocycles. The van der Waals surface area contributed by atoms with Crippen LogP contribution in [-0.2, 0) is 11.8 Å². The zero-order valence-electron chi connectivity index (χ0n) is 11.6. The normalized spacial score (nSPS) is 17.8. The summed E-state index contributed by atoms with van der Waals surface area (Å²) >= 11 is 6.26. The topological polar surface area (TPSA) is 66.6 Å². The highest BCUT2D eigenvalue weighted by Gasteiger charge is 2.29. The number of carbonyl (C=O) groups is 1. The number of aromatic nitrogens is 1. The molecule has 2 aromatic rings. The van der Waals surface area contributed by atoms with E-state index >= 15 is 0 Å². The summed E-state index contributed by atoms with van der Waals surface area (Å²) < 4.78 is 1.91. The number of anilines is 1. The third-order valence-corrected chi connectivity index (χ3v) is 4.05.